The summed E-state index contributed by atoms with van der Waals surface area (Å²) in [5, 5.41) is 3.59. The van der Waals surface area contributed by atoms with Gasteiger partial charge in [-0.15, -0.1) is 11.8 Å². The van der Waals surface area contributed by atoms with Crippen LogP contribution < -0.4 is 5.32 Å². The van der Waals surface area contributed by atoms with E-state index in [1.165, 1.54) is 5.56 Å². The van der Waals surface area contributed by atoms with E-state index in [9.17, 15) is 0 Å². The lowest BCUT2D eigenvalue weighted by molar-refractivity contribution is 0.505. The maximum Gasteiger partial charge on any atom is 0.0330 e. The first-order valence-electron chi connectivity index (χ1n) is 6.26. The zero-order valence-electron chi connectivity index (χ0n) is 10.9. The molecule has 0 saturated heterocycles. The smallest absolute Gasteiger partial charge is 0.0330 e. The first-order valence-corrected chi connectivity index (χ1v) is 7.85. The molecule has 98 valence electrons. The van der Waals surface area contributed by atoms with Crippen molar-refractivity contribution in [2.45, 2.75) is 39.2 Å². The summed E-state index contributed by atoms with van der Waals surface area (Å²) >= 11 is 7.09. The Morgan fingerprint density at radius 3 is 2.44 bits per heavy atom. The Balaban J connectivity index is 2.81. The van der Waals surface area contributed by atoms with Crippen molar-refractivity contribution in [2.75, 3.05) is 6.54 Å². The largest absolute Gasteiger partial charge is 0.310 e. The number of benzene rings is 1. The van der Waals surface area contributed by atoms with Gasteiger partial charge in [0.1, 0.15) is 0 Å². The van der Waals surface area contributed by atoms with Crippen LogP contribution in [0.1, 0.15) is 44.7 Å². The molecule has 0 radical (unpaired) electrons. The SMILES string of the molecule is CC#CCCC(NCCC)c1cc(Br)cc(Br)c1. The Morgan fingerprint density at radius 2 is 1.89 bits per heavy atom. The second kappa shape index (κ2) is 8.74. The van der Waals surface area contributed by atoms with Gasteiger partial charge in [-0.25, -0.2) is 0 Å². The average Bonchev–Trinajstić information content (AvgIpc) is 2.32. The predicted octanol–water partition coefficient (Wildman–Crippen LogP) is 5.06. The van der Waals surface area contributed by atoms with Gasteiger partial charge in [0, 0.05) is 21.4 Å². The molecule has 18 heavy (non-hydrogen) atoms. The fourth-order valence-corrected chi connectivity index (χ4v) is 3.15. The Morgan fingerprint density at radius 1 is 1.22 bits per heavy atom. The third-order valence-corrected chi connectivity index (χ3v) is 3.58. The summed E-state index contributed by atoms with van der Waals surface area (Å²) in [7, 11) is 0. The zero-order valence-corrected chi connectivity index (χ0v) is 14.1. The third-order valence-electron chi connectivity index (χ3n) is 2.66. The van der Waals surface area contributed by atoms with Crippen LogP contribution in [0, 0.1) is 11.8 Å². The fraction of sp³-hybridized carbons (Fsp3) is 0.467. The first-order chi connectivity index (χ1) is 8.67. The van der Waals surface area contributed by atoms with Crippen molar-refractivity contribution >= 4 is 31.9 Å². The van der Waals surface area contributed by atoms with Gasteiger partial charge in [0.2, 0.25) is 0 Å². The van der Waals surface area contributed by atoms with E-state index in [1.54, 1.807) is 0 Å². The van der Waals surface area contributed by atoms with Crippen LogP contribution in [0.3, 0.4) is 0 Å². The highest BCUT2D eigenvalue weighted by atomic mass is 79.9. The summed E-state index contributed by atoms with van der Waals surface area (Å²) in [6.45, 7) is 5.12. The number of nitrogens with one attached hydrogen (secondary N) is 1. The van der Waals surface area contributed by atoms with Gasteiger partial charge in [0.05, 0.1) is 0 Å². The lowest BCUT2D eigenvalue weighted by Gasteiger charge is -2.18. The van der Waals surface area contributed by atoms with Gasteiger partial charge in [0.25, 0.3) is 0 Å². The van der Waals surface area contributed by atoms with E-state index in [0.29, 0.717) is 6.04 Å². The van der Waals surface area contributed by atoms with Crippen molar-refractivity contribution in [1.29, 1.82) is 0 Å². The molecule has 1 N–H and O–H groups in total. The first kappa shape index (κ1) is 15.8. The number of halogens is 2. The molecule has 1 unspecified atom stereocenters. The second-order valence-electron chi connectivity index (χ2n) is 4.17. The van der Waals surface area contributed by atoms with Crippen molar-refractivity contribution in [1.82, 2.24) is 5.32 Å². The van der Waals surface area contributed by atoms with Gasteiger partial charge >= 0.3 is 0 Å². The minimum Gasteiger partial charge on any atom is -0.310 e. The molecule has 0 spiro atoms. The molecule has 1 aromatic rings. The summed E-state index contributed by atoms with van der Waals surface area (Å²) in [5.41, 5.74) is 1.31. The van der Waals surface area contributed by atoms with Crippen LogP contribution in [-0.4, -0.2) is 6.54 Å². The maximum atomic E-state index is 3.59. The van der Waals surface area contributed by atoms with Crippen molar-refractivity contribution in [3.8, 4) is 11.8 Å². The van der Waals surface area contributed by atoms with E-state index < -0.39 is 0 Å². The van der Waals surface area contributed by atoms with Gasteiger partial charge < -0.3 is 5.32 Å². The zero-order chi connectivity index (χ0) is 13.4. The van der Waals surface area contributed by atoms with E-state index in [1.807, 2.05) is 6.92 Å². The lowest BCUT2D eigenvalue weighted by Crippen LogP contribution is -2.22. The van der Waals surface area contributed by atoms with Crippen LogP contribution >= 0.6 is 31.9 Å². The van der Waals surface area contributed by atoms with E-state index in [-0.39, 0.29) is 0 Å². The standard InChI is InChI=1S/C15H19Br2N/c1-3-5-6-7-15(18-8-4-2)12-9-13(16)11-14(17)10-12/h9-11,15,18H,4,6-8H2,1-2H3. The average molecular weight is 373 g/mol. The quantitative estimate of drug-likeness (QED) is 0.688. The molecule has 0 aromatic heterocycles. The molecule has 1 rings (SSSR count). The van der Waals surface area contributed by atoms with Crippen molar-refractivity contribution in [2.24, 2.45) is 0 Å². The number of rotatable bonds is 6. The van der Waals surface area contributed by atoms with Crippen LogP contribution in [0.4, 0.5) is 0 Å². The second-order valence-corrected chi connectivity index (χ2v) is 6.01. The van der Waals surface area contributed by atoms with Gasteiger partial charge in [-0.1, -0.05) is 38.8 Å². The fourth-order valence-electron chi connectivity index (χ4n) is 1.82. The van der Waals surface area contributed by atoms with Crippen molar-refractivity contribution in [3.05, 3.63) is 32.7 Å². The molecule has 3 heteroatoms. The van der Waals surface area contributed by atoms with E-state index in [2.05, 4.69) is 74.1 Å². The third kappa shape index (κ3) is 5.56. The molecule has 0 aliphatic rings. The molecule has 0 heterocycles. The Kier molecular flexibility index (Phi) is 7.65. The van der Waals surface area contributed by atoms with Gasteiger partial charge in [0.15, 0.2) is 0 Å². The molecule has 0 saturated carbocycles. The molecule has 1 aromatic carbocycles. The van der Waals surface area contributed by atoms with Crippen LogP contribution in [0.5, 0.6) is 0 Å². The molecule has 0 aliphatic heterocycles. The highest BCUT2D eigenvalue weighted by molar-refractivity contribution is 9.11. The van der Waals surface area contributed by atoms with E-state index >= 15 is 0 Å². The minimum absolute atomic E-state index is 0.375. The normalized spacial score (nSPS) is 11.8. The van der Waals surface area contributed by atoms with E-state index in [0.717, 1.165) is 34.8 Å². The topological polar surface area (TPSA) is 12.0 Å². The molecular formula is C15H19Br2N. The summed E-state index contributed by atoms with van der Waals surface area (Å²) in [4.78, 5) is 0. The number of hydrogen-bond acceptors (Lipinski definition) is 1. The van der Waals surface area contributed by atoms with Gasteiger partial charge in [-0.2, -0.15) is 0 Å². The van der Waals surface area contributed by atoms with Crippen LogP contribution in [0.25, 0.3) is 0 Å². The van der Waals surface area contributed by atoms with Crippen LogP contribution in [0.2, 0.25) is 0 Å². The molecule has 1 nitrogen and oxygen atoms in total. The maximum absolute atomic E-state index is 3.59. The van der Waals surface area contributed by atoms with Crippen molar-refractivity contribution in [3.63, 3.8) is 0 Å². The molecule has 0 fully saturated rings. The number of hydrogen-bond donors (Lipinski definition) is 1. The monoisotopic (exact) mass is 371 g/mol. The predicted molar refractivity (Wildman–Crippen MR) is 85.6 cm³/mol. The van der Waals surface area contributed by atoms with Gasteiger partial charge in [-0.3, -0.25) is 0 Å². The molecule has 1 atom stereocenters. The Bertz CT molecular complexity index is 412. The summed E-state index contributed by atoms with van der Waals surface area (Å²) in [5.74, 6) is 6.10. The highest BCUT2D eigenvalue weighted by Gasteiger charge is 2.11. The van der Waals surface area contributed by atoms with E-state index in [4.69, 9.17) is 0 Å². The Labute approximate surface area is 127 Å². The lowest BCUT2D eigenvalue weighted by atomic mass is 10.0. The summed E-state index contributed by atoms with van der Waals surface area (Å²) in [6, 6.07) is 6.79. The van der Waals surface area contributed by atoms with Crippen LogP contribution in [-0.2, 0) is 0 Å². The minimum atomic E-state index is 0.375. The molecular weight excluding hydrogens is 354 g/mol. The molecule has 0 bridgehead atoms. The molecule has 0 aliphatic carbocycles. The van der Waals surface area contributed by atoms with Gasteiger partial charge in [-0.05, 0) is 50.1 Å². The highest BCUT2D eigenvalue weighted by Crippen LogP contribution is 2.26. The van der Waals surface area contributed by atoms with Crippen molar-refractivity contribution < 1.29 is 0 Å². The summed E-state index contributed by atoms with van der Waals surface area (Å²) in [6.07, 6.45) is 3.12. The Hall–Kier alpha value is -0.300. The van der Waals surface area contributed by atoms with Crippen LogP contribution in [0.15, 0.2) is 27.1 Å². The summed E-state index contributed by atoms with van der Waals surface area (Å²) < 4.78 is 2.22. The molecule has 0 amide bonds.